The molecular weight excluding hydrogens is 288 g/mol. The van der Waals surface area contributed by atoms with E-state index in [2.05, 4.69) is 14.7 Å². The summed E-state index contributed by atoms with van der Waals surface area (Å²) in [5.74, 6) is 0.766. The van der Waals surface area contributed by atoms with Crippen molar-refractivity contribution in [3.05, 3.63) is 36.4 Å². The zero-order valence-electron chi connectivity index (χ0n) is 9.83. The van der Waals surface area contributed by atoms with Crippen LogP contribution in [0.3, 0.4) is 0 Å². The first kappa shape index (κ1) is 12.2. The lowest BCUT2D eigenvalue weighted by Crippen LogP contribution is -2.17. The summed E-state index contributed by atoms with van der Waals surface area (Å²) in [5.41, 5.74) is 1.12. The number of benzene rings is 1. The molecule has 1 aromatic carbocycles. The zero-order valence-corrected chi connectivity index (χ0v) is 11.4. The van der Waals surface area contributed by atoms with E-state index in [-0.39, 0.29) is 10.2 Å². The summed E-state index contributed by atoms with van der Waals surface area (Å²) in [6.45, 7) is 1.83. The number of rotatable bonds is 1. The van der Waals surface area contributed by atoms with Gasteiger partial charge in [0.2, 0.25) is 5.29 Å². The Morgan fingerprint density at radius 1 is 1.37 bits per heavy atom. The minimum atomic E-state index is -3.76. The quantitative estimate of drug-likeness (QED) is 0.815. The van der Waals surface area contributed by atoms with Gasteiger partial charge in [0, 0.05) is 18.1 Å². The lowest BCUT2D eigenvalue weighted by Gasteiger charge is -2.16. The van der Waals surface area contributed by atoms with Gasteiger partial charge in [-0.15, -0.1) is 4.40 Å². The molecular formula is C11H9ClN4O2S. The Labute approximate surface area is 114 Å². The predicted octanol–water partition coefficient (Wildman–Crippen LogP) is 1.89. The van der Waals surface area contributed by atoms with E-state index in [1.807, 2.05) is 6.92 Å². The summed E-state index contributed by atoms with van der Waals surface area (Å²) in [5, 5.41) is 2.56. The number of hydrogen-bond acceptors (Lipinski definition) is 4. The first-order valence-corrected chi connectivity index (χ1v) is 7.21. The van der Waals surface area contributed by atoms with Gasteiger partial charge in [-0.25, -0.2) is 4.98 Å². The van der Waals surface area contributed by atoms with Gasteiger partial charge >= 0.3 is 0 Å². The second-order valence-corrected chi connectivity index (χ2v) is 5.94. The number of imidazole rings is 1. The predicted molar refractivity (Wildman–Crippen MR) is 72.4 cm³/mol. The third kappa shape index (κ3) is 2.00. The molecule has 1 aliphatic heterocycles. The number of aryl methyl sites for hydroxylation is 1. The van der Waals surface area contributed by atoms with E-state index in [0.717, 1.165) is 5.82 Å². The third-order valence-corrected chi connectivity index (χ3v) is 4.38. The molecule has 1 aromatic heterocycles. The van der Waals surface area contributed by atoms with Crippen molar-refractivity contribution in [3.8, 4) is 5.69 Å². The van der Waals surface area contributed by atoms with Gasteiger partial charge in [-0.05, 0) is 36.7 Å². The Kier molecular flexibility index (Phi) is 2.61. The molecule has 2 heterocycles. The summed E-state index contributed by atoms with van der Waals surface area (Å²) >= 11 is 5.64. The van der Waals surface area contributed by atoms with E-state index in [1.165, 1.54) is 0 Å². The highest BCUT2D eigenvalue weighted by molar-refractivity contribution is 7.90. The number of halogens is 1. The molecule has 1 N–H and O–H groups in total. The molecule has 98 valence electrons. The fourth-order valence-electron chi connectivity index (χ4n) is 1.92. The highest BCUT2D eigenvalue weighted by atomic mass is 35.5. The Balaban J connectivity index is 2.20. The Bertz CT molecular complexity index is 795. The largest absolute Gasteiger partial charge is 0.329 e. The van der Waals surface area contributed by atoms with Crippen LogP contribution in [0.15, 0.2) is 39.9 Å². The molecule has 2 aromatic rings. The minimum Gasteiger partial charge on any atom is -0.329 e. The summed E-state index contributed by atoms with van der Waals surface area (Å²) in [7, 11) is -3.76. The standard InChI is InChI=1S/C11H9ClN4O2S/c1-7-13-4-5-16(7)8-2-3-9-10(6-8)19(17,18)15-11(12)14-9/h2-6H,1H3,(H,14,15). The smallest absolute Gasteiger partial charge is 0.287 e. The SMILES string of the molecule is Cc1nccn1-c1ccc2c(c1)S(=O)(=O)N=C(Cl)N2. The summed E-state index contributed by atoms with van der Waals surface area (Å²) in [4.78, 5) is 4.20. The molecule has 1 aliphatic rings. The van der Waals surface area contributed by atoms with Crippen molar-refractivity contribution in [2.24, 2.45) is 4.40 Å². The van der Waals surface area contributed by atoms with Crippen LogP contribution < -0.4 is 5.32 Å². The van der Waals surface area contributed by atoms with Crippen molar-refractivity contribution < 1.29 is 8.42 Å². The lowest BCUT2D eigenvalue weighted by molar-refractivity contribution is 0.598. The summed E-state index contributed by atoms with van der Waals surface area (Å²) < 4.78 is 29.1. The van der Waals surface area contributed by atoms with Crippen LogP contribution in [0, 0.1) is 6.92 Å². The summed E-state index contributed by atoms with van der Waals surface area (Å²) in [6, 6.07) is 4.98. The Hall–Kier alpha value is -1.86. The highest BCUT2D eigenvalue weighted by Crippen LogP contribution is 2.30. The maximum atomic E-state index is 12.0. The average molecular weight is 297 g/mol. The number of aromatic nitrogens is 2. The molecule has 8 heteroatoms. The number of sulfonamides is 1. The number of fused-ring (bicyclic) bond motifs is 1. The van der Waals surface area contributed by atoms with E-state index < -0.39 is 10.0 Å². The molecule has 0 fully saturated rings. The van der Waals surface area contributed by atoms with E-state index in [1.54, 1.807) is 35.2 Å². The van der Waals surface area contributed by atoms with Crippen LogP contribution in [0.25, 0.3) is 5.69 Å². The fraction of sp³-hybridized carbons (Fsp3) is 0.0909. The highest BCUT2D eigenvalue weighted by Gasteiger charge is 2.24. The van der Waals surface area contributed by atoms with Gasteiger partial charge in [-0.3, -0.25) is 0 Å². The van der Waals surface area contributed by atoms with Gasteiger partial charge in [0.15, 0.2) is 0 Å². The van der Waals surface area contributed by atoms with E-state index in [9.17, 15) is 8.42 Å². The number of hydrogen-bond donors (Lipinski definition) is 1. The van der Waals surface area contributed by atoms with Gasteiger partial charge in [0.05, 0.1) is 5.69 Å². The molecule has 0 bridgehead atoms. The van der Waals surface area contributed by atoms with E-state index in [4.69, 9.17) is 11.6 Å². The molecule has 0 radical (unpaired) electrons. The maximum absolute atomic E-state index is 12.0. The third-order valence-electron chi connectivity index (χ3n) is 2.79. The van der Waals surface area contributed by atoms with Crippen LogP contribution in [-0.2, 0) is 10.0 Å². The number of nitrogens with zero attached hydrogens (tertiary/aromatic N) is 3. The average Bonchev–Trinajstić information content (AvgIpc) is 2.74. The zero-order chi connectivity index (χ0) is 13.6. The van der Waals surface area contributed by atoms with Gasteiger partial charge in [-0.1, -0.05) is 0 Å². The molecule has 0 saturated heterocycles. The van der Waals surface area contributed by atoms with Gasteiger partial charge in [0.1, 0.15) is 10.7 Å². The van der Waals surface area contributed by atoms with Crippen molar-refractivity contribution in [2.75, 3.05) is 5.32 Å². The number of anilines is 1. The minimum absolute atomic E-state index is 0.0995. The van der Waals surface area contributed by atoms with Crippen LogP contribution in [0.5, 0.6) is 0 Å². The van der Waals surface area contributed by atoms with Gasteiger partial charge in [0.25, 0.3) is 10.0 Å². The van der Waals surface area contributed by atoms with Crippen LogP contribution in [-0.4, -0.2) is 23.3 Å². The van der Waals surface area contributed by atoms with Crippen LogP contribution in [0.2, 0.25) is 0 Å². The molecule has 0 amide bonds. The molecule has 0 aliphatic carbocycles. The second-order valence-electron chi connectivity index (χ2n) is 4.01. The Morgan fingerprint density at radius 2 is 2.16 bits per heavy atom. The van der Waals surface area contributed by atoms with Crippen molar-refractivity contribution in [1.82, 2.24) is 9.55 Å². The second kappa shape index (κ2) is 4.07. The van der Waals surface area contributed by atoms with Crippen molar-refractivity contribution in [1.29, 1.82) is 0 Å². The molecule has 6 nitrogen and oxygen atoms in total. The van der Waals surface area contributed by atoms with Crippen LogP contribution in [0.1, 0.15) is 5.82 Å². The van der Waals surface area contributed by atoms with Gasteiger partial charge < -0.3 is 9.88 Å². The Morgan fingerprint density at radius 3 is 2.84 bits per heavy atom. The lowest BCUT2D eigenvalue weighted by atomic mass is 10.2. The molecule has 0 atom stereocenters. The normalized spacial score (nSPS) is 16.4. The van der Waals surface area contributed by atoms with Crippen molar-refractivity contribution >= 4 is 32.6 Å². The van der Waals surface area contributed by atoms with E-state index >= 15 is 0 Å². The molecule has 0 unspecified atom stereocenters. The monoisotopic (exact) mass is 296 g/mol. The first-order chi connectivity index (χ1) is 8.97. The number of nitrogens with one attached hydrogen (secondary N) is 1. The van der Waals surface area contributed by atoms with Crippen LogP contribution in [0.4, 0.5) is 5.69 Å². The molecule has 0 saturated carbocycles. The van der Waals surface area contributed by atoms with Crippen molar-refractivity contribution in [3.63, 3.8) is 0 Å². The topological polar surface area (TPSA) is 76.3 Å². The molecule has 0 spiro atoms. The molecule has 19 heavy (non-hydrogen) atoms. The van der Waals surface area contributed by atoms with E-state index in [0.29, 0.717) is 11.4 Å². The van der Waals surface area contributed by atoms with Gasteiger partial charge in [-0.2, -0.15) is 8.42 Å². The number of amidine groups is 1. The van der Waals surface area contributed by atoms with Crippen LogP contribution >= 0.6 is 11.6 Å². The first-order valence-electron chi connectivity index (χ1n) is 5.39. The fourth-order valence-corrected chi connectivity index (χ4v) is 3.31. The van der Waals surface area contributed by atoms with Crippen molar-refractivity contribution in [2.45, 2.75) is 11.8 Å². The molecule has 3 rings (SSSR count). The maximum Gasteiger partial charge on any atom is 0.287 e. The summed E-state index contributed by atoms with van der Waals surface area (Å²) in [6.07, 6.45) is 3.41.